The van der Waals surface area contributed by atoms with Gasteiger partial charge in [0.05, 0.1) is 16.8 Å². The quantitative estimate of drug-likeness (QED) is 0.0555. The van der Waals surface area contributed by atoms with Crippen LogP contribution in [0.3, 0.4) is 0 Å². The van der Waals surface area contributed by atoms with Gasteiger partial charge in [-0.05, 0) is 157 Å². The second-order valence-electron chi connectivity index (χ2n) is 20.3. The lowest BCUT2D eigenvalue weighted by atomic mass is 9.74. The van der Waals surface area contributed by atoms with E-state index in [1.54, 1.807) is 12.1 Å². The van der Waals surface area contributed by atoms with Gasteiger partial charge < -0.3 is 41.9 Å². The van der Waals surface area contributed by atoms with Crippen LogP contribution in [0.2, 0.25) is 5.02 Å². The molecule has 3 heterocycles. The number of halogens is 3. The van der Waals surface area contributed by atoms with Crippen molar-refractivity contribution in [1.29, 1.82) is 0 Å². The summed E-state index contributed by atoms with van der Waals surface area (Å²) in [5.41, 5.74) is 0.762. The molecule has 68 heavy (non-hydrogen) atoms. The summed E-state index contributed by atoms with van der Waals surface area (Å²) in [5.74, 6) is 0.465. The van der Waals surface area contributed by atoms with Crippen molar-refractivity contribution < 1.29 is 33.7 Å². The molecule has 13 heteroatoms. The largest absolute Gasteiger partial charge is 0.385 e. The second kappa shape index (κ2) is 27.2. The molecule has 378 valence electrons. The third-order valence-corrected chi connectivity index (χ3v) is 14.9. The van der Waals surface area contributed by atoms with Crippen LogP contribution in [0, 0.1) is 49.2 Å². The first-order valence-corrected chi connectivity index (χ1v) is 26.0. The van der Waals surface area contributed by atoms with Crippen molar-refractivity contribution in [2.45, 2.75) is 147 Å². The molecule has 3 aliphatic heterocycles. The fourth-order valence-corrected chi connectivity index (χ4v) is 10.9. The van der Waals surface area contributed by atoms with Gasteiger partial charge in [0.2, 0.25) is 11.8 Å². The summed E-state index contributed by atoms with van der Waals surface area (Å²) in [6.07, 6.45) is 15.6. The minimum atomic E-state index is -1.21. The van der Waals surface area contributed by atoms with E-state index in [-0.39, 0.29) is 35.3 Å². The molecule has 7 rings (SSSR count). The van der Waals surface area contributed by atoms with Gasteiger partial charge in [-0.25, -0.2) is 8.78 Å². The Morgan fingerprint density at radius 1 is 0.632 bits per heavy atom. The molecule has 5 unspecified atom stereocenters. The first-order chi connectivity index (χ1) is 32.5. The minimum Gasteiger partial charge on any atom is -0.385 e. The number of unbranched alkanes of at least 4 members (excludes halogenated alkanes) is 1. The molecule has 0 spiro atoms. The van der Waals surface area contributed by atoms with Gasteiger partial charge in [-0.1, -0.05) is 79.6 Å². The average Bonchev–Trinajstić information content (AvgIpc) is 4.17. The molecule has 6 atom stereocenters. The van der Waals surface area contributed by atoms with Gasteiger partial charge in [0.25, 0.3) is 0 Å². The number of carbonyl (C=O) groups is 2. The summed E-state index contributed by atoms with van der Waals surface area (Å²) in [6, 6.07) is 17.5. The number of hydrogen-bond donors (Lipinski definition) is 8. The number of rotatable bonds is 19. The molecule has 2 amide bonds. The van der Waals surface area contributed by atoms with Crippen LogP contribution in [-0.2, 0) is 26.4 Å². The Morgan fingerprint density at radius 3 is 1.66 bits per heavy atom. The molecule has 3 aromatic carbocycles. The molecule has 0 aromatic heterocycles. The van der Waals surface area contributed by atoms with Crippen LogP contribution in [0.5, 0.6) is 0 Å². The van der Waals surface area contributed by atoms with Gasteiger partial charge in [-0.2, -0.15) is 0 Å². The van der Waals surface area contributed by atoms with Crippen molar-refractivity contribution in [3.05, 3.63) is 105 Å². The monoisotopic (exact) mass is 966 g/mol. The number of aliphatic hydroxyl groups is 3. The molecule has 4 fully saturated rings. The van der Waals surface area contributed by atoms with E-state index in [0.29, 0.717) is 62.4 Å². The van der Waals surface area contributed by atoms with E-state index in [1.807, 2.05) is 44.2 Å². The Hall–Kier alpha value is -3.49. The molecular weight excluding hydrogens is 884 g/mol. The molecular formula is C55H82ClF2N5O5. The Morgan fingerprint density at radius 2 is 1.16 bits per heavy atom. The Balaban J connectivity index is 0.000000191. The second-order valence-corrected chi connectivity index (χ2v) is 20.7. The van der Waals surface area contributed by atoms with Crippen molar-refractivity contribution in [2.75, 3.05) is 52.4 Å². The Bertz CT molecular complexity index is 2000. The lowest BCUT2D eigenvalue weighted by Gasteiger charge is -2.39. The summed E-state index contributed by atoms with van der Waals surface area (Å²) in [5, 5.41) is 50.6. The third kappa shape index (κ3) is 16.8. The smallest absolute Gasteiger partial charge is 0.216 e. The predicted molar refractivity (Wildman–Crippen MR) is 269 cm³/mol. The van der Waals surface area contributed by atoms with Gasteiger partial charge >= 0.3 is 0 Å². The van der Waals surface area contributed by atoms with Crippen LogP contribution in [0.15, 0.2) is 60.7 Å². The topological polar surface area (TPSA) is 155 Å². The van der Waals surface area contributed by atoms with Gasteiger partial charge in [0.15, 0.2) is 0 Å². The van der Waals surface area contributed by atoms with Crippen molar-refractivity contribution in [3.63, 3.8) is 0 Å². The molecule has 0 bridgehead atoms. The highest BCUT2D eigenvalue weighted by Gasteiger charge is 2.42. The lowest BCUT2D eigenvalue weighted by molar-refractivity contribution is -0.119. The van der Waals surface area contributed by atoms with Crippen LogP contribution in [-0.4, -0.2) is 79.5 Å². The van der Waals surface area contributed by atoms with Crippen molar-refractivity contribution in [1.82, 2.24) is 26.6 Å². The summed E-state index contributed by atoms with van der Waals surface area (Å²) in [6.45, 7) is 13.0. The van der Waals surface area contributed by atoms with Crippen LogP contribution in [0.25, 0.3) is 0 Å². The number of nitrogens with one attached hydrogen (secondary N) is 5. The van der Waals surface area contributed by atoms with E-state index >= 15 is 0 Å². The highest BCUT2D eigenvalue weighted by molar-refractivity contribution is 6.30. The van der Waals surface area contributed by atoms with Crippen molar-refractivity contribution in [3.8, 4) is 0 Å². The summed E-state index contributed by atoms with van der Waals surface area (Å²) in [7, 11) is 0. The molecule has 3 aromatic rings. The molecule has 8 N–H and O–H groups in total. The summed E-state index contributed by atoms with van der Waals surface area (Å²) < 4.78 is 28.2. The Labute approximate surface area is 410 Å². The number of amides is 2. The van der Waals surface area contributed by atoms with Gasteiger partial charge in [0, 0.05) is 74.9 Å². The molecule has 3 saturated heterocycles. The van der Waals surface area contributed by atoms with E-state index in [9.17, 15) is 33.7 Å². The summed E-state index contributed by atoms with van der Waals surface area (Å²) >= 11 is 6.17. The molecule has 0 radical (unpaired) electrons. The zero-order valence-electron chi connectivity index (χ0n) is 41.3. The maximum atomic E-state index is 14.4. The van der Waals surface area contributed by atoms with Gasteiger partial charge in [0.1, 0.15) is 11.6 Å². The van der Waals surface area contributed by atoms with E-state index < -0.39 is 16.8 Å². The number of benzene rings is 3. The number of piperidine rings is 3. The minimum absolute atomic E-state index is 0.0233. The van der Waals surface area contributed by atoms with Crippen LogP contribution in [0.1, 0.15) is 144 Å². The van der Waals surface area contributed by atoms with Gasteiger partial charge in [-0.15, -0.1) is 0 Å². The molecule has 1 aliphatic carbocycles. The lowest BCUT2D eigenvalue weighted by Crippen LogP contribution is -2.45. The predicted octanol–water partition coefficient (Wildman–Crippen LogP) is 8.97. The van der Waals surface area contributed by atoms with Crippen LogP contribution >= 0.6 is 11.6 Å². The standard InChI is InChI=1S/C19H28ClNO.2C18H27FN2O2/c20-18-8-3-6-16(13-18)19(22,17-7-4-12-21-14-17)11-2-1-5-15-9-10-15;1-13-6-7-17(19)16(11-13)18(23,8-4-10-21-14(2)22)15-5-3-9-20-12-15;1-13-9-16(11-17(19)10-13)18(23,6-4-8-21-14(2)22)15-5-3-7-20-12-15/h3,6,8,13,15,17,21-22H,1-2,4-5,7,9-12,14H2;6-7,11,15,20,23H,3-5,8-10,12H2,1-2H3,(H,21,22);9-11,15,20,23H,3-8,12H2,1-2H3,(H,21,22)/t17?,19-;;/m1../s1. The zero-order valence-corrected chi connectivity index (χ0v) is 42.1. The number of hydrogen-bond acceptors (Lipinski definition) is 8. The highest BCUT2D eigenvalue weighted by Crippen LogP contribution is 2.42. The van der Waals surface area contributed by atoms with Crippen LogP contribution < -0.4 is 26.6 Å². The van der Waals surface area contributed by atoms with Gasteiger partial charge in [-0.3, -0.25) is 9.59 Å². The molecule has 4 aliphatic rings. The highest BCUT2D eigenvalue weighted by atomic mass is 35.5. The maximum Gasteiger partial charge on any atom is 0.216 e. The zero-order chi connectivity index (χ0) is 49.2. The van der Waals surface area contributed by atoms with Crippen LogP contribution in [0.4, 0.5) is 8.78 Å². The number of aryl methyl sites for hydroxylation is 2. The SMILES string of the molecule is CC(=O)NCCCC(O)(c1cc(C)cc(F)c1)C1CCCNC1.CC(=O)NCCCC(O)(c1cc(C)ccc1F)C1CCCNC1.O[C@](CCCCC1CC1)(c1cccc(Cl)c1)C1CCCNC1. The van der Waals surface area contributed by atoms with Crippen molar-refractivity contribution >= 4 is 23.4 Å². The average molecular weight is 967 g/mol. The molecule has 1 saturated carbocycles. The first-order valence-electron chi connectivity index (χ1n) is 25.6. The van der Waals surface area contributed by atoms with Crippen molar-refractivity contribution in [2.24, 2.45) is 23.7 Å². The third-order valence-electron chi connectivity index (χ3n) is 14.7. The van der Waals surface area contributed by atoms with E-state index in [1.165, 1.54) is 57.7 Å². The summed E-state index contributed by atoms with van der Waals surface area (Å²) in [4.78, 5) is 22.0. The van der Waals surface area contributed by atoms with E-state index in [0.717, 1.165) is 112 Å². The molecule has 10 nitrogen and oxygen atoms in total. The maximum absolute atomic E-state index is 14.4. The fourth-order valence-electron chi connectivity index (χ4n) is 10.7. The first kappa shape index (κ1) is 55.4. The van der Waals surface area contributed by atoms with E-state index in [2.05, 4.69) is 26.6 Å². The van der Waals surface area contributed by atoms with E-state index in [4.69, 9.17) is 11.6 Å². The fraction of sp³-hybridized carbons (Fsp3) is 0.636. The Kier molecular flexibility index (Phi) is 22.2. The normalized spacial score (nSPS) is 22.1. The number of carbonyl (C=O) groups excluding carboxylic acids is 2.